The fourth-order valence-electron chi connectivity index (χ4n) is 1.87. The van der Waals surface area contributed by atoms with E-state index in [0.29, 0.717) is 0 Å². The maximum absolute atomic E-state index is 9.28. The van der Waals surface area contributed by atoms with Crippen LogP contribution in [-0.4, -0.2) is 42.8 Å². The van der Waals surface area contributed by atoms with Crippen LogP contribution in [0, 0.1) is 0 Å². The zero-order valence-corrected chi connectivity index (χ0v) is 10.9. The topological polar surface area (TPSA) is 35.5 Å². The van der Waals surface area contributed by atoms with Gasteiger partial charge in [-0.3, -0.25) is 0 Å². The highest BCUT2D eigenvalue weighted by Crippen LogP contribution is 2.03. The van der Waals surface area contributed by atoms with Crippen LogP contribution in [0.1, 0.15) is 18.9 Å². The summed E-state index contributed by atoms with van der Waals surface area (Å²) in [5.41, 5.74) is 1.31. The third-order valence-electron chi connectivity index (χ3n) is 2.73. The van der Waals surface area contributed by atoms with E-state index < -0.39 is 0 Å². The van der Waals surface area contributed by atoms with Gasteiger partial charge in [-0.2, -0.15) is 0 Å². The monoisotopic (exact) mass is 236 g/mol. The van der Waals surface area contributed by atoms with Crippen LogP contribution in [0.4, 0.5) is 0 Å². The molecule has 3 heteroatoms. The predicted octanol–water partition coefficient (Wildman–Crippen LogP) is 1.48. The summed E-state index contributed by atoms with van der Waals surface area (Å²) in [6, 6.07) is 10.6. The van der Waals surface area contributed by atoms with Crippen LogP contribution in [0.3, 0.4) is 0 Å². The lowest BCUT2D eigenvalue weighted by molar-refractivity contribution is 0.195. The molecule has 0 aliphatic heterocycles. The molecule has 0 heterocycles. The third-order valence-corrected chi connectivity index (χ3v) is 2.73. The van der Waals surface area contributed by atoms with Crippen molar-refractivity contribution in [1.29, 1.82) is 0 Å². The number of rotatable bonds is 8. The number of aliphatic hydroxyl groups excluding tert-OH is 1. The lowest BCUT2D eigenvalue weighted by Crippen LogP contribution is -2.42. The summed E-state index contributed by atoms with van der Waals surface area (Å²) >= 11 is 0. The average Bonchev–Trinajstić information content (AvgIpc) is 2.35. The summed E-state index contributed by atoms with van der Waals surface area (Å²) in [4.78, 5) is 2.24. The molecule has 0 spiro atoms. The number of benzene rings is 1. The van der Waals surface area contributed by atoms with Gasteiger partial charge in [-0.15, -0.1) is 0 Å². The van der Waals surface area contributed by atoms with E-state index in [1.807, 2.05) is 6.07 Å². The summed E-state index contributed by atoms with van der Waals surface area (Å²) in [6.45, 7) is 5.08. The van der Waals surface area contributed by atoms with Crippen LogP contribution in [-0.2, 0) is 6.54 Å². The van der Waals surface area contributed by atoms with Gasteiger partial charge in [0.15, 0.2) is 0 Å². The molecule has 0 bridgehead atoms. The van der Waals surface area contributed by atoms with Crippen molar-refractivity contribution in [1.82, 2.24) is 10.2 Å². The average molecular weight is 236 g/mol. The third kappa shape index (κ3) is 5.82. The minimum absolute atomic E-state index is 0.170. The van der Waals surface area contributed by atoms with Crippen LogP contribution in [0.15, 0.2) is 30.3 Å². The quantitative estimate of drug-likeness (QED) is 0.717. The Labute approximate surface area is 104 Å². The van der Waals surface area contributed by atoms with Crippen molar-refractivity contribution in [2.24, 2.45) is 0 Å². The molecule has 3 nitrogen and oxygen atoms in total. The molecule has 0 radical (unpaired) electrons. The zero-order valence-electron chi connectivity index (χ0n) is 10.9. The number of nitrogens with one attached hydrogen (secondary N) is 1. The molecular weight excluding hydrogens is 212 g/mol. The number of likely N-dealkylation sites (N-methyl/N-ethyl adjacent to an activating group) is 1. The highest BCUT2D eigenvalue weighted by atomic mass is 16.3. The van der Waals surface area contributed by atoms with Crippen LogP contribution >= 0.6 is 0 Å². The molecule has 17 heavy (non-hydrogen) atoms. The summed E-state index contributed by atoms with van der Waals surface area (Å²) in [5, 5.41) is 12.6. The maximum Gasteiger partial charge on any atom is 0.0597 e. The molecule has 1 unspecified atom stereocenters. The summed E-state index contributed by atoms with van der Waals surface area (Å²) in [6.07, 6.45) is 1.10. The Kier molecular flexibility index (Phi) is 6.86. The summed E-state index contributed by atoms with van der Waals surface area (Å²) < 4.78 is 0. The Morgan fingerprint density at radius 3 is 2.59 bits per heavy atom. The molecule has 2 N–H and O–H groups in total. The molecule has 0 amide bonds. The molecule has 0 aromatic heterocycles. The normalized spacial score (nSPS) is 12.9. The van der Waals surface area contributed by atoms with E-state index in [9.17, 15) is 5.11 Å². The van der Waals surface area contributed by atoms with Crippen LogP contribution in [0.25, 0.3) is 0 Å². The molecule has 1 aromatic carbocycles. The molecule has 1 rings (SSSR count). The van der Waals surface area contributed by atoms with Crippen molar-refractivity contribution in [3.63, 3.8) is 0 Å². The number of hydrogen-bond acceptors (Lipinski definition) is 3. The van der Waals surface area contributed by atoms with E-state index in [4.69, 9.17) is 0 Å². The Balaban J connectivity index is 2.34. The van der Waals surface area contributed by atoms with Gasteiger partial charge in [0.25, 0.3) is 0 Å². The first-order valence-corrected chi connectivity index (χ1v) is 6.33. The minimum Gasteiger partial charge on any atom is -0.395 e. The van der Waals surface area contributed by atoms with Gasteiger partial charge >= 0.3 is 0 Å². The number of aliphatic hydroxyl groups is 1. The molecule has 0 saturated heterocycles. The van der Waals surface area contributed by atoms with Gasteiger partial charge in [0.1, 0.15) is 0 Å². The van der Waals surface area contributed by atoms with Crippen molar-refractivity contribution >= 4 is 0 Å². The van der Waals surface area contributed by atoms with E-state index in [2.05, 4.69) is 48.5 Å². The largest absolute Gasteiger partial charge is 0.395 e. The first kappa shape index (κ1) is 14.2. The summed E-state index contributed by atoms with van der Waals surface area (Å²) in [5.74, 6) is 0. The molecule has 0 saturated carbocycles. The van der Waals surface area contributed by atoms with E-state index in [1.54, 1.807) is 0 Å². The molecule has 0 aliphatic carbocycles. The second-order valence-electron chi connectivity index (χ2n) is 4.52. The molecule has 0 fully saturated rings. The first-order chi connectivity index (χ1) is 8.26. The van der Waals surface area contributed by atoms with E-state index in [1.165, 1.54) is 5.56 Å². The Morgan fingerprint density at radius 1 is 1.29 bits per heavy atom. The number of hydrogen-bond donors (Lipinski definition) is 2. The van der Waals surface area contributed by atoms with E-state index in [0.717, 1.165) is 26.1 Å². The SMILES string of the molecule is CCCNC(CO)CN(C)Cc1ccccc1. The fraction of sp³-hybridized carbons (Fsp3) is 0.571. The van der Waals surface area contributed by atoms with Crippen LogP contribution in [0.5, 0.6) is 0 Å². The second kappa shape index (κ2) is 8.23. The highest BCUT2D eigenvalue weighted by molar-refractivity contribution is 5.14. The van der Waals surface area contributed by atoms with Gasteiger partial charge in [0.2, 0.25) is 0 Å². The van der Waals surface area contributed by atoms with Gasteiger partial charge in [-0.25, -0.2) is 0 Å². The fourth-order valence-corrected chi connectivity index (χ4v) is 1.87. The first-order valence-electron chi connectivity index (χ1n) is 6.33. The maximum atomic E-state index is 9.28. The summed E-state index contributed by atoms with van der Waals surface area (Å²) in [7, 11) is 2.09. The van der Waals surface area contributed by atoms with Gasteiger partial charge < -0.3 is 15.3 Å². The number of nitrogens with zero attached hydrogens (tertiary/aromatic N) is 1. The Hall–Kier alpha value is -0.900. The van der Waals surface area contributed by atoms with Crippen molar-refractivity contribution in [3.05, 3.63) is 35.9 Å². The minimum atomic E-state index is 0.170. The lowest BCUT2D eigenvalue weighted by Gasteiger charge is -2.23. The second-order valence-corrected chi connectivity index (χ2v) is 4.52. The van der Waals surface area contributed by atoms with Gasteiger partial charge in [-0.05, 0) is 25.6 Å². The van der Waals surface area contributed by atoms with Gasteiger partial charge in [-0.1, -0.05) is 37.3 Å². The smallest absolute Gasteiger partial charge is 0.0597 e. The predicted molar refractivity (Wildman–Crippen MR) is 71.9 cm³/mol. The lowest BCUT2D eigenvalue weighted by atomic mass is 10.2. The standard InChI is InChI=1S/C14H24N2O/c1-3-9-15-14(12-17)11-16(2)10-13-7-5-4-6-8-13/h4-8,14-15,17H,3,9-12H2,1-2H3. The van der Waals surface area contributed by atoms with Crippen molar-refractivity contribution in [2.45, 2.75) is 25.9 Å². The highest BCUT2D eigenvalue weighted by Gasteiger charge is 2.09. The van der Waals surface area contributed by atoms with Crippen molar-refractivity contribution in [2.75, 3.05) is 26.7 Å². The van der Waals surface area contributed by atoms with Crippen molar-refractivity contribution in [3.8, 4) is 0 Å². The van der Waals surface area contributed by atoms with Crippen LogP contribution in [0.2, 0.25) is 0 Å². The Morgan fingerprint density at radius 2 is 2.00 bits per heavy atom. The molecular formula is C14H24N2O. The molecule has 0 aliphatic rings. The zero-order chi connectivity index (χ0) is 12.5. The van der Waals surface area contributed by atoms with E-state index in [-0.39, 0.29) is 12.6 Å². The molecule has 1 aromatic rings. The van der Waals surface area contributed by atoms with E-state index >= 15 is 0 Å². The Bertz CT molecular complexity index is 290. The van der Waals surface area contributed by atoms with Crippen LogP contribution < -0.4 is 5.32 Å². The molecule has 96 valence electrons. The van der Waals surface area contributed by atoms with Gasteiger partial charge in [0.05, 0.1) is 6.61 Å². The molecule has 1 atom stereocenters. The van der Waals surface area contributed by atoms with Crippen molar-refractivity contribution < 1.29 is 5.11 Å². The van der Waals surface area contributed by atoms with Gasteiger partial charge in [0, 0.05) is 19.1 Å².